The number of nitrogens with one attached hydrogen (secondary N) is 1. The number of carbonyl (C=O) groups excluding carboxylic acids is 2. The highest BCUT2D eigenvalue weighted by Crippen LogP contribution is 2.30. The lowest BCUT2D eigenvalue weighted by atomic mass is 10.1. The molecule has 32 heavy (non-hydrogen) atoms. The second kappa shape index (κ2) is 9.92. The highest BCUT2D eigenvalue weighted by atomic mass is 35.5. The Bertz CT molecular complexity index is 1120. The number of benzene rings is 3. The van der Waals surface area contributed by atoms with Crippen LogP contribution in [0.15, 0.2) is 60.7 Å². The maximum absolute atomic E-state index is 12.4. The first-order valence-electron chi connectivity index (χ1n) is 10.8. The molecule has 3 aromatic rings. The summed E-state index contributed by atoms with van der Waals surface area (Å²) in [6.45, 7) is 4.62. The molecule has 0 atom stereocenters. The molecule has 2 amide bonds. The molecule has 166 valence electrons. The van der Waals surface area contributed by atoms with Gasteiger partial charge in [-0.3, -0.25) is 9.59 Å². The summed E-state index contributed by atoms with van der Waals surface area (Å²) in [6.07, 6.45) is 0.527. The molecule has 1 heterocycles. The number of hydrogen-bond acceptors (Lipinski definition) is 4. The van der Waals surface area contributed by atoms with Gasteiger partial charge in [-0.05, 0) is 29.7 Å². The number of piperazine rings is 1. The molecule has 0 spiro atoms. The van der Waals surface area contributed by atoms with Crippen molar-refractivity contribution in [3.05, 3.63) is 65.7 Å². The summed E-state index contributed by atoms with van der Waals surface area (Å²) in [5.74, 6) is 0.597. The van der Waals surface area contributed by atoms with E-state index in [4.69, 9.17) is 16.3 Å². The summed E-state index contributed by atoms with van der Waals surface area (Å²) in [6, 6.07) is 19.1. The summed E-state index contributed by atoms with van der Waals surface area (Å²) in [5, 5.41) is 5.44. The van der Waals surface area contributed by atoms with Crippen LogP contribution in [0, 0.1) is 0 Å². The van der Waals surface area contributed by atoms with E-state index in [0.29, 0.717) is 36.0 Å². The quantitative estimate of drug-likeness (QED) is 0.596. The lowest BCUT2D eigenvalue weighted by Gasteiger charge is -2.36. The molecule has 1 aliphatic rings. The molecule has 0 aliphatic carbocycles. The average molecular weight is 452 g/mol. The lowest BCUT2D eigenvalue weighted by Crippen LogP contribution is -2.48. The van der Waals surface area contributed by atoms with E-state index in [-0.39, 0.29) is 18.4 Å². The summed E-state index contributed by atoms with van der Waals surface area (Å²) in [7, 11) is 0. The normalized spacial score (nSPS) is 13.8. The molecule has 0 aromatic heterocycles. The molecule has 0 bridgehead atoms. The molecule has 1 fully saturated rings. The van der Waals surface area contributed by atoms with E-state index in [9.17, 15) is 9.59 Å². The van der Waals surface area contributed by atoms with Crippen LogP contribution >= 0.6 is 11.6 Å². The first-order chi connectivity index (χ1) is 15.5. The van der Waals surface area contributed by atoms with Gasteiger partial charge >= 0.3 is 0 Å². The predicted octanol–water partition coefficient (Wildman–Crippen LogP) is 4.57. The molecule has 1 aliphatic heterocycles. The summed E-state index contributed by atoms with van der Waals surface area (Å²) >= 11 is 6.51. The van der Waals surface area contributed by atoms with Gasteiger partial charge in [-0.25, -0.2) is 0 Å². The standard InChI is InChI=1S/C25H26ClN3O3/c1-2-25(31)29-14-12-28(13-15-29)22-11-10-19(16-21(22)26)27-24(30)17-32-23-9-5-7-18-6-3-4-8-20(18)23/h3-11,16H,2,12-15,17H2,1H3,(H,27,30). The number of rotatable bonds is 6. The molecule has 6 nitrogen and oxygen atoms in total. The van der Waals surface area contributed by atoms with Crippen LogP contribution in [-0.4, -0.2) is 49.5 Å². The van der Waals surface area contributed by atoms with Crippen molar-refractivity contribution in [3.63, 3.8) is 0 Å². The van der Waals surface area contributed by atoms with Crippen molar-refractivity contribution in [1.82, 2.24) is 4.90 Å². The predicted molar refractivity (Wildman–Crippen MR) is 129 cm³/mol. The highest BCUT2D eigenvalue weighted by Gasteiger charge is 2.21. The van der Waals surface area contributed by atoms with Crippen molar-refractivity contribution in [2.75, 3.05) is 43.0 Å². The van der Waals surface area contributed by atoms with E-state index in [1.165, 1.54) is 0 Å². The Morgan fingerprint density at radius 2 is 1.75 bits per heavy atom. The van der Waals surface area contributed by atoms with Gasteiger partial charge in [0.25, 0.3) is 5.91 Å². The number of hydrogen-bond donors (Lipinski definition) is 1. The lowest BCUT2D eigenvalue weighted by molar-refractivity contribution is -0.131. The minimum absolute atomic E-state index is 0.0964. The van der Waals surface area contributed by atoms with Crippen molar-refractivity contribution in [2.45, 2.75) is 13.3 Å². The smallest absolute Gasteiger partial charge is 0.262 e. The summed E-state index contributed by atoms with van der Waals surface area (Å²) in [4.78, 5) is 28.3. The average Bonchev–Trinajstić information content (AvgIpc) is 2.82. The van der Waals surface area contributed by atoms with Gasteiger partial charge in [-0.15, -0.1) is 0 Å². The number of amides is 2. The summed E-state index contributed by atoms with van der Waals surface area (Å²) < 4.78 is 5.76. The van der Waals surface area contributed by atoms with Gasteiger partial charge in [0.15, 0.2) is 6.61 Å². The molecule has 0 radical (unpaired) electrons. The molecule has 3 aromatic carbocycles. The zero-order valence-corrected chi connectivity index (χ0v) is 18.8. The van der Waals surface area contributed by atoms with Crippen LogP contribution in [-0.2, 0) is 9.59 Å². The molecular weight excluding hydrogens is 426 g/mol. The van der Waals surface area contributed by atoms with E-state index >= 15 is 0 Å². The van der Waals surface area contributed by atoms with Crippen LogP contribution < -0.4 is 15.0 Å². The van der Waals surface area contributed by atoms with Gasteiger partial charge in [-0.2, -0.15) is 0 Å². The minimum Gasteiger partial charge on any atom is -0.483 e. The van der Waals surface area contributed by atoms with Crippen molar-refractivity contribution in [2.24, 2.45) is 0 Å². The van der Waals surface area contributed by atoms with Crippen molar-refractivity contribution < 1.29 is 14.3 Å². The largest absolute Gasteiger partial charge is 0.483 e. The number of halogens is 1. The van der Waals surface area contributed by atoms with Crippen LogP contribution in [0.5, 0.6) is 5.75 Å². The third kappa shape index (κ3) is 4.97. The topological polar surface area (TPSA) is 61.9 Å². The third-order valence-corrected chi connectivity index (χ3v) is 5.92. The van der Waals surface area contributed by atoms with Gasteiger partial charge in [0, 0.05) is 43.7 Å². The first kappa shape index (κ1) is 22.0. The van der Waals surface area contributed by atoms with E-state index < -0.39 is 0 Å². The van der Waals surface area contributed by atoms with Gasteiger partial charge in [0.05, 0.1) is 10.7 Å². The van der Waals surface area contributed by atoms with E-state index in [1.54, 1.807) is 6.07 Å². The fraction of sp³-hybridized carbons (Fsp3) is 0.280. The van der Waals surface area contributed by atoms with Crippen LogP contribution in [0.2, 0.25) is 5.02 Å². The van der Waals surface area contributed by atoms with Crippen LogP contribution in [0.3, 0.4) is 0 Å². The van der Waals surface area contributed by atoms with Crippen LogP contribution in [0.4, 0.5) is 11.4 Å². The fourth-order valence-electron chi connectivity index (χ4n) is 3.92. The second-order valence-corrected chi connectivity index (χ2v) is 8.11. The van der Waals surface area contributed by atoms with Crippen LogP contribution in [0.25, 0.3) is 10.8 Å². The van der Waals surface area contributed by atoms with E-state index in [0.717, 1.165) is 29.5 Å². The Morgan fingerprint density at radius 3 is 2.50 bits per heavy atom. The number of carbonyl (C=O) groups is 2. The molecule has 7 heteroatoms. The second-order valence-electron chi connectivity index (χ2n) is 7.70. The van der Waals surface area contributed by atoms with Gasteiger partial charge < -0.3 is 19.9 Å². The highest BCUT2D eigenvalue weighted by molar-refractivity contribution is 6.33. The fourth-order valence-corrected chi connectivity index (χ4v) is 4.22. The Morgan fingerprint density at radius 1 is 1.00 bits per heavy atom. The number of fused-ring (bicyclic) bond motifs is 1. The monoisotopic (exact) mass is 451 g/mol. The maximum atomic E-state index is 12.4. The van der Waals surface area contributed by atoms with Crippen molar-refractivity contribution in [1.29, 1.82) is 0 Å². The molecule has 1 saturated heterocycles. The molecular formula is C25H26ClN3O3. The SMILES string of the molecule is CCC(=O)N1CCN(c2ccc(NC(=O)COc3cccc4ccccc34)cc2Cl)CC1. The van der Waals surface area contributed by atoms with Gasteiger partial charge in [0.2, 0.25) is 5.91 Å². The zero-order valence-electron chi connectivity index (χ0n) is 18.0. The Balaban J connectivity index is 1.34. The number of anilines is 2. The van der Waals surface area contributed by atoms with Crippen molar-refractivity contribution >= 4 is 45.6 Å². The van der Waals surface area contributed by atoms with Gasteiger partial charge in [0.1, 0.15) is 5.75 Å². The Kier molecular flexibility index (Phi) is 6.81. The molecule has 0 unspecified atom stereocenters. The third-order valence-electron chi connectivity index (χ3n) is 5.62. The molecule has 1 N–H and O–H groups in total. The number of ether oxygens (including phenoxy) is 1. The molecule has 4 rings (SSSR count). The van der Waals surface area contributed by atoms with Gasteiger partial charge in [-0.1, -0.05) is 54.9 Å². The maximum Gasteiger partial charge on any atom is 0.262 e. The Labute approximate surface area is 192 Å². The van der Waals surface area contributed by atoms with E-state index in [1.807, 2.05) is 66.4 Å². The minimum atomic E-state index is -0.256. The first-order valence-corrected chi connectivity index (χ1v) is 11.2. The van der Waals surface area contributed by atoms with Crippen molar-refractivity contribution in [3.8, 4) is 5.75 Å². The van der Waals surface area contributed by atoms with E-state index in [2.05, 4.69) is 10.2 Å². The zero-order chi connectivity index (χ0) is 22.5. The Hall–Kier alpha value is -3.25. The van der Waals surface area contributed by atoms with Crippen LogP contribution in [0.1, 0.15) is 13.3 Å². The molecule has 0 saturated carbocycles. The number of nitrogens with zero attached hydrogens (tertiary/aromatic N) is 2. The summed E-state index contributed by atoms with van der Waals surface area (Å²) in [5.41, 5.74) is 1.52.